The van der Waals surface area contributed by atoms with Gasteiger partial charge >= 0.3 is 17.8 Å². The van der Waals surface area contributed by atoms with E-state index in [0.717, 1.165) is 24.1 Å². The van der Waals surface area contributed by atoms with Crippen LogP contribution in [0.3, 0.4) is 0 Å². The van der Waals surface area contributed by atoms with Gasteiger partial charge in [0.1, 0.15) is 48.7 Å². The first-order valence-corrected chi connectivity index (χ1v) is 23.2. The smallest absolute Gasteiger partial charge is 0.352 e. The fourth-order valence-electron chi connectivity index (χ4n) is 7.22. The van der Waals surface area contributed by atoms with Gasteiger partial charge in [-0.3, -0.25) is 34.5 Å². The van der Waals surface area contributed by atoms with Gasteiger partial charge in [-0.15, -0.1) is 0 Å². The van der Waals surface area contributed by atoms with Crippen molar-refractivity contribution >= 4 is 59.0 Å². The van der Waals surface area contributed by atoms with Crippen LogP contribution in [-0.2, 0) is 35.2 Å². The van der Waals surface area contributed by atoms with Crippen molar-refractivity contribution in [2.24, 2.45) is 16.8 Å². The molecule has 0 fully saturated rings. The number of amides is 7. The Morgan fingerprint density at radius 1 is 0.757 bits per heavy atom. The summed E-state index contributed by atoms with van der Waals surface area (Å²) >= 11 is 0. The van der Waals surface area contributed by atoms with Crippen LogP contribution < -0.4 is 37.0 Å². The fraction of sp³-hybridized carbons (Fsp3) is 0.353. The lowest BCUT2D eigenvalue weighted by Gasteiger charge is -2.25. The topological polar surface area (TPSA) is 273 Å². The first-order valence-electron chi connectivity index (χ1n) is 23.2. The fourth-order valence-corrected chi connectivity index (χ4v) is 7.22. The molecule has 3 aliphatic heterocycles. The molecule has 7 amide bonds. The molecular formula is C51H63N11O8+2. The van der Waals surface area contributed by atoms with Gasteiger partial charge in [0.2, 0.25) is 23.6 Å². The minimum Gasteiger partial charge on any atom is -0.508 e. The van der Waals surface area contributed by atoms with E-state index in [2.05, 4.69) is 58.8 Å². The van der Waals surface area contributed by atoms with Gasteiger partial charge in [0.15, 0.2) is 5.69 Å². The molecule has 0 bridgehead atoms. The van der Waals surface area contributed by atoms with Crippen LogP contribution in [0.5, 0.6) is 5.75 Å². The number of carbonyl (C=O) groups is 7. The molecule has 2 aromatic rings. The molecule has 9 N–H and O–H groups in total. The SMILES string of the molecule is CCCN1C=CC(=C2C=CN(CC(=O)N[C@@H](C)C(=O)N[C@@H](CC(C)C)C(=O)N=C3C=CC(c4ccc(C(=O)N[C@H](C(=O)N[C@@H](Cc5ccc(O)cc5)C(=O)NCC([NH3+])=O)C(C)C)cn4)=[N+]=C3)C=C2)C=C1. The van der Waals surface area contributed by atoms with Crippen molar-refractivity contribution in [3.8, 4) is 5.75 Å². The highest BCUT2D eigenvalue weighted by Crippen LogP contribution is 2.20. The van der Waals surface area contributed by atoms with Crippen molar-refractivity contribution in [3.63, 3.8) is 0 Å². The van der Waals surface area contributed by atoms with Crippen molar-refractivity contribution < 1.29 is 44.4 Å². The summed E-state index contributed by atoms with van der Waals surface area (Å²) in [6, 6.07) is 5.10. The third kappa shape index (κ3) is 16.1. The predicted molar refractivity (Wildman–Crippen MR) is 265 cm³/mol. The number of quaternary nitrogens is 1. The number of hydrogen-bond acceptors (Lipinski definition) is 11. The zero-order valence-corrected chi connectivity index (χ0v) is 40.3. The van der Waals surface area contributed by atoms with Gasteiger partial charge in [-0.2, -0.15) is 0 Å². The van der Waals surface area contributed by atoms with Gasteiger partial charge in [-0.05, 0) is 103 Å². The number of nitrogens with zero attached hydrogens (tertiary/aromatic N) is 5. The first-order chi connectivity index (χ1) is 33.4. The Labute approximate surface area is 407 Å². The van der Waals surface area contributed by atoms with E-state index in [0.29, 0.717) is 23.4 Å². The average molecular weight is 958 g/mol. The third-order valence-corrected chi connectivity index (χ3v) is 11.0. The van der Waals surface area contributed by atoms with E-state index in [1.807, 2.05) is 50.6 Å². The van der Waals surface area contributed by atoms with Crippen LogP contribution in [0, 0.1) is 11.8 Å². The Morgan fingerprint density at radius 2 is 1.40 bits per heavy atom. The number of hydrogen-bond donors (Lipinski definition) is 7. The minimum absolute atomic E-state index is 0.0107. The quantitative estimate of drug-likeness (QED) is 0.0870. The van der Waals surface area contributed by atoms with Crippen LogP contribution in [0.15, 0.2) is 120 Å². The summed E-state index contributed by atoms with van der Waals surface area (Å²) < 4.78 is 4.41. The number of aromatic nitrogens is 1. The van der Waals surface area contributed by atoms with E-state index in [1.165, 1.54) is 30.6 Å². The number of nitrogens with one attached hydrogen (secondary N) is 5. The van der Waals surface area contributed by atoms with Gasteiger partial charge < -0.3 is 41.5 Å². The number of phenolic OH excluding ortho intramolecular Hbond substituents is 1. The second-order valence-corrected chi connectivity index (χ2v) is 17.7. The Morgan fingerprint density at radius 3 is 1.96 bits per heavy atom. The van der Waals surface area contributed by atoms with Crippen LogP contribution in [0.2, 0.25) is 0 Å². The second-order valence-electron chi connectivity index (χ2n) is 17.7. The molecule has 0 saturated heterocycles. The normalized spacial score (nSPS) is 16.2. The van der Waals surface area contributed by atoms with E-state index in [4.69, 9.17) is 0 Å². The Bertz CT molecular complexity index is 2550. The number of aliphatic imine (C=N–C) groups is 1. The van der Waals surface area contributed by atoms with E-state index in [9.17, 15) is 38.7 Å². The molecule has 19 nitrogen and oxygen atoms in total. The lowest BCUT2D eigenvalue weighted by Crippen LogP contribution is -2.62. The van der Waals surface area contributed by atoms with Crippen molar-refractivity contribution in [1.29, 1.82) is 0 Å². The number of pyridine rings is 1. The average Bonchev–Trinajstić information content (AvgIpc) is 3.33. The summed E-state index contributed by atoms with van der Waals surface area (Å²) in [6.07, 6.45) is 22.9. The maximum atomic E-state index is 13.6. The van der Waals surface area contributed by atoms with E-state index >= 15 is 0 Å². The minimum atomic E-state index is -1.11. The molecule has 0 radical (unpaired) electrons. The predicted octanol–water partition coefficient (Wildman–Crippen LogP) is 1.05. The van der Waals surface area contributed by atoms with Gasteiger partial charge in [0.25, 0.3) is 11.8 Å². The lowest BCUT2D eigenvalue weighted by atomic mass is 10.0. The molecule has 0 spiro atoms. The van der Waals surface area contributed by atoms with Crippen LogP contribution in [0.1, 0.15) is 76.0 Å². The highest BCUT2D eigenvalue weighted by Gasteiger charge is 2.31. The van der Waals surface area contributed by atoms with Crippen LogP contribution in [-0.4, -0.2) is 123 Å². The molecule has 0 unspecified atom stereocenters. The molecular weight excluding hydrogens is 895 g/mol. The number of aromatic hydroxyl groups is 1. The van der Waals surface area contributed by atoms with Crippen LogP contribution in [0.4, 0.5) is 0 Å². The molecule has 19 heteroatoms. The number of phenols is 1. The second kappa shape index (κ2) is 25.4. The van der Waals surface area contributed by atoms with E-state index in [1.54, 1.807) is 68.4 Å². The standard InChI is InChI=1S/C51H61N11O8/c1-7-20-61-21-16-35(17-22-61)36-18-23-62(24-19-36)30-45(65)56-33(6)47(66)58-42(25-31(2)3)50(69)57-38-11-15-41(54-28-38)40-14-10-37(27-53-40)48(67)60-46(32(4)5)51(70)59-43(49(68)55-29-44(52)64)26-34-8-12-39(63)13-9-34/h8-19,21-24,27-28,31-33,42-43,46H,7,20,25-26,29-30H2,1-6H3,(H7-,52,55,56,58,59,60,63,64,65,66,67,68,70)/p+2/t33-,42-,43-,46-/m0/s1. The Hall–Kier alpha value is -8.02. The summed E-state index contributed by atoms with van der Waals surface area (Å²) in [7, 11) is 0. The molecule has 3 aliphatic rings. The number of carbonyl (C=O) groups excluding carboxylic acids is 7. The van der Waals surface area contributed by atoms with Crippen molar-refractivity contribution in [3.05, 3.63) is 132 Å². The summed E-state index contributed by atoms with van der Waals surface area (Å²) in [4.78, 5) is 104. The van der Waals surface area contributed by atoms with Crippen LogP contribution in [0.25, 0.3) is 0 Å². The van der Waals surface area contributed by atoms with Crippen molar-refractivity contribution in [1.82, 2.24) is 46.0 Å². The number of rotatable bonds is 21. The summed E-state index contributed by atoms with van der Waals surface area (Å²) in [5.41, 5.74) is 7.15. The Kier molecular flexibility index (Phi) is 19.2. The summed E-state index contributed by atoms with van der Waals surface area (Å²) in [5.74, 6) is -4.22. The molecule has 4 heterocycles. The molecule has 0 saturated carbocycles. The molecule has 5 rings (SSSR count). The zero-order chi connectivity index (χ0) is 50.9. The maximum absolute atomic E-state index is 13.6. The van der Waals surface area contributed by atoms with Gasteiger partial charge in [-0.25, -0.2) is 14.8 Å². The van der Waals surface area contributed by atoms with E-state index in [-0.39, 0.29) is 48.4 Å². The molecule has 0 aliphatic carbocycles. The molecule has 70 heavy (non-hydrogen) atoms. The highest BCUT2D eigenvalue weighted by molar-refractivity contribution is 6.40. The monoisotopic (exact) mass is 957 g/mol. The maximum Gasteiger partial charge on any atom is 0.352 e. The van der Waals surface area contributed by atoms with Crippen molar-refractivity contribution in [2.75, 3.05) is 19.6 Å². The highest BCUT2D eigenvalue weighted by atomic mass is 16.3. The Balaban J connectivity index is 1.15. The largest absolute Gasteiger partial charge is 0.508 e. The first kappa shape index (κ1) is 52.9. The summed E-state index contributed by atoms with van der Waals surface area (Å²) in [5, 5.41) is 23.0. The van der Waals surface area contributed by atoms with Crippen molar-refractivity contribution in [2.45, 2.75) is 85.0 Å². The van der Waals surface area contributed by atoms with Gasteiger partial charge in [-0.1, -0.05) is 51.4 Å². The van der Waals surface area contributed by atoms with E-state index < -0.39 is 65.5 Å². The van der Waals surface area contributed by atoms with Gasteiger partial charge in [0.05, 0.1) is 5.56 Å². The lowest BCUT2D eigenvalue weighted by molar-refractivity contribution is -0.304. The third-order valence-electron chi connectivity index (χ3n) is 11.0. The molecule has 1 aromatic heterocycles. The van der Waals surface area contributed by atoms with Gasteiger partial charge in [0, 0.05) is 50.0 Å². The number of benzene rings is 1. The summed E-state index contributed by atoms with van der Waals surface area (Å²) in [6.45, 7) is 11.6. The number of allylic oxidation sites excluding steroid dienone is 8. The molecule has 368 valence electrons. The molecule has 4 atom stereocenters. The molecule has 1 aromatic carbocycles. The van der Waals surface area contributed by atoms with Crippen LogP contribution >= 0.6 is 0 Å². The zero-order valence-electron chi connectivity index (χ0n) is 40.3.